The van der Waals surface area contributed by atoms with E-state index in [0.717, 1.165) is 30.3 Å². The fourth-order valence-electron chi connectivity index (χ4n) is 3.50. The highest BCUT2D eigenvalue weighted by atomic mass is 35.5. The molecular formula is C23H25Cl2N3O2. The first-order valence-corrected chi connectivity index (χ1v) is 10.7. The van der Waals surface area contributed by atoms with Gasteiger partial charge in [0, 0.05) is 24.7 Å². The van der Waals surface area contributed by atoms with Crippen molar-refractivity contribution in [2.24, 2.45) is 0 Å². The Morgan fingerprint density at radius 3 is 2.50 bits per heavy atom. The average molecular weight is 446 g/mol. The number of hydrogen-bond acceptors (Lipinski definition) is 4. The molecule has 2 aromatic carbocycles. The lowest BCUT2D eigenvalue weighted by Crippen LogP contribution is -2.25. The van der Waals surface area contributed by atoms with Crippen LogP contribution in [0.5, 0.6) is 0 Å². The maximum atomic E-state index is 12.9. The Morgan fingerprint density at radius 2 is 1.83 bits per heavy atom. The summed E-state index contributed by atoms with van der Waals surface area (Å²) in [4.78, 5) is 19.6. The predicted octanol–water partition coefficient (Wildman–Crippen LogP) is 4.82. The number of aryl methyl sites for hydroxylation is 1. The van der Waals surface area contributed by atoms with Crippen molar-refractivity contribution in [3.63, 3.8) is 0 Å². The van der Waals surface area contributed by atoms with Gasteiger partial charge < -0.3 is 15.3 Å². The van der Waals surface area contributed by atoms with Gasteiger partial charge in [-0.05, 0) is 49.2 Å². The van der Waals surface area contributed by atoms with E-state index in [-0.39, 0.29) is 18.1 Å². The molecule has 0 fully saturated rings. The Morgan fingerprint density at radius 1 is 1.13 bits per heavy atom. The molecule has 0 saturated carbocycles. The van der Waals surface area contributed by atoms with Crippen LogP contribution in [0.4, 0.5) is 5.69 Å². The highest BCUT2D eigenvalue weighted by molar-refractivity contribution is 6.40. The number of aliphatic hydroxyl groups is 1. The first-order valence-electron chi connectivity index (χ1n) is 9.90. The molecule has 0 aliphatic rings. The molecule has 0 unspecified atom stereocenters. The average Bonchev–Trinajstić information content (AvgIpc) is 2.72. The normalized spacial score (nSPS) is 11.3. The van der Waals surface area contributed by atoms with E-state index in [0.29, 0.717) is 22.3 Å². The number of amides is 1. The van der Waals surface area contributed by atoms with Gasteiger partial charge in [0.25, 0.3) is 5.91 Å². The van der Waals surface area contributed by atoms with Gasteiger partial charge in [0.2, 0.25) is 0 Å². The number of hydrogen-bond donors (Lipinski definition) is 2. The monoisotopic (exact) mass is 445 g/mol. The maximum absolute atomic E-state index is 12.9. The van der Waals surface area contributed by atoms with Gasteiger partial charge in [-0.1, -0.05) is 48.3 Å². The SMILES string of the molecule is CCc1cnc2c(NC(=O)c3c(Cl)cccc3Cl)cccc2c1CCN(C)CCO. The summed E-state index contributed by atoms with van der Waals surface area (Å²) >= 11 is 12.4. The third-order valence-electron chi connectivity index (χ3n) is 5.14. The molecule has 158 valence electrons. The van der Waals surface area contributed by atoms with Gasteiger partial charge in [-0.2, -0.15) is 0 Å². The molecule has 5 nitrogen and oxygen atoms in total. The molecule has 0 radical (unpaired) electrons. The number of rotatable bonds is 8. The van der Waals surface area contributed by atoms with Gasteiger partial charge in [-0.3, -0.25) is 9.78 Å². The number of halogens is 2. The van der Waals surface area contributed by atoms with Crippen LogP contribution in [-0.4, -0.2) is 47.6 Å². The van der Waals surface area contributed by atoms with Crippen molar-refractivity contribution in [3.05, 3.63) is 69.3 Å². The van der Waals surface area contributed by atoms with E-state index in [2.05, 4.69) is 22.1 Å². The van der Waals surface area contributed by atoms with Gasteiger partial charge in [-0.25, -0.2) is 0 Å². The van der Waals surface area contributed by atoms with Crippen LogP contribution in [0.1, 0.15) is 28.4 Å². The Bertz CT molecular complexity index is 1040. The predicted molar refractivity (Wildman–Crippen MR) is 124 cm³/mol. The first-order chi connectivity index (χ1) is 14.5. The van der Waals surface area contributed by atoms with Gasteiger partial charge in [0.05, 0.1) is 33.4 Å². The highest BCUT2D eigenvalue weighted by Crippen LogP contribution is 2.30. The lowest BCUT2D eigenvalue weighted by Gasteiger charge is -2.18. The summed E-state index contributed by atoms with van der Waals surface area (Å²) in [5, 5.41) is 13.7. The summed E-state index contributed by atoms with van der Waals surface area (Å²) < 4.78 is 0. The summed E-state index contributed by atoms with van der Waals surface area (Å²) in [5.41, 5.74) is 3.97. The second kappa shape index (κ2) is 10.2. The van der Waals surface area contributed by atoms with Crippen molar-refractivity contribution in [3.8, 4) is 0 Å². The van der Waals surface area contributed by atoms with E-state index >= 15 is 0 Å². The van der Waals surface area contributed by atoms with E-state index in [1.165, 1.54) is 11.1 Å². The van der Waals surface area contributed by atoms with Crippen molar-refractivity contribution in [2.45, 2.75) is 19.8 Å². The largest absolute Gasteiger partial charge is 0.395 e. The van der Waals surface area contributed by atoms with E-state index in [4.69, 9.17) is 28.3 Å². The van der Waals surface area contributed by atoms with E-state index in [9.17, 15) is 4.79 Å². The molecule has 30 heavy (non-hydrogen) atoms. The van der Waals surface area contributed by atoms with Gasteiger partial charge in [0.1, 0.15) is 0 Å². The standard InChI is InChI=1S/C23H25Cl2N3O2/c1-3-15-14-26-22-17(16(15)10-11-28(2)12-13-29)6-4-9-20(22)27-23(30)21-18(24)7-5-8-19(21)25/h4-9,14,29H,3,10-13H2,1-2H3,(H,27,30). The summed E-state index contributed by atoms with van der Waals surface area (Å²) in [5.74, 6) is -0.372. The molecule has 2 N–H and O–H groups in total. The Labute approximate surface area is 186 Å². The number of likely N-dealkylation sites (N-methyl/N-ethyl adjacent to an activating group) is 1. The zero-order valence-corrected chi connectivity index (χ0v) is 18.6. The number of nitrogens with one attached hydrogen (secondary N) is 1. The number of pyridine rings is 1. The smallest absolute Gasteiger partial charge is 0.258 e. The molecular weight excluding hydrogens is 421 g/mol. The number of fused-ring (bicyclic) bond motifs is 1. The molecule has 1 heterocycles. The van der Waals surface area contributed by atoms with E-state index in [1.807, 2.05) is 31.4 Å². The summed E-state index contributed by atoms with van der Waals surface area (Å²) in [6, 6.07) is 10.7. The number of aromatic nitrogens is 1. The second-order valence-corrected chi connectivity index (χ2v) is 7.96. The number of anilines is 1. The lowest BCUT2D eigenvalue weighted by atomic mass is 9.98. The van der Waals surface area contributed by atoms with Crippen molar-refractivity contribution < 1.29 is 9.90 Å². The van der Waals surface area contributed by atoms with Gasteiger partial charge >= 0.3 is 0 Å². The molecule has 3 rings (SSSR count). The number of carbonyl (C=O) groups is 1. The summed E-state index contributed by atoms with van der Waals surface area (Å²) in [7, 11) is 1.99. The fraction of sp³-hybridized carbons (Fsp3) is 0.304. The quantitative estimate of drug-likeness (QED) is 0.521. The molecule has 7 heteroatoms. The zero-order chi connectivity index (χ0) is 21.7. The topological polar surface area (TPSA) is 65.5 Å². The van der Waals surface area contributed by atoms with Crippen LogP contribution in [0.2, 0.25) is 10.0 Å². The van der Waals surface area contributed by atoms with Crippen LogP contribution in [0.15, 0.2) is 42.6 Å². The molecule has 0 aliphatic carbocycles. The third kappa shape index (κ3) is 4.93. The van der Waals surface area contributed by atoms with Crippen molar-refractivity contribution in [1.82, 2.24) is 9.88 Å². The highest BCUT2D eigenvalue weighted by Gasteiger charge is 2.17. The molecule has 0 aliphatic heterocycles. The van der Waals surface area contributed by atoms with Crippen LogP contribution in [0.25, 0.3) is 10.9 Å². The van der Waals surface area contributed by atoms with Crippen LogP contribution < -0.4 is 5.32 Å². The van der Waals surface area contributed by atoms with E-state index in [1.54, 1.807) is 18.2 Å². The number of benzene rings is 2. The second-order valence-electron chi connectivity index (χ2n) is 7.14. The molecule has 3 aromatic rings. The number of nitrogens with zero attached hydrogens (tertiary/aromatic N) is 2. The van der Waals surface area contributed by atoms with Crippen LogP contribution in [0.3, 0.4) is 0 Å². The minimum atomic E-state index is -0.372. The van der Waals surface area contributed by atoms with Crippen LogP contribution in [0, 0.1) is 0 Å². The minimum absolute atomic E-state index is 0.134. The lowest BCUT2D eigenvalue weighted by molar-refractivity contribution is 0.102. The van der Waals surface area contributed by atoms with Gasteiger partial charge in [-0.15, -0.1) is 0 Å². The molecule has 0 atom stereocenters. The van der Waals surface area contributed by atoms with Crippen molar-refractivity contribution in [1.29, 1.82) is 0 Å². The molecule has 0 saturated heterocycles. The fourth-order valence-corrected chi connectivity index (χ4v) is 4.07. The van der Waals surface area contributed by atoms with Crippen molar-refractivity contribution >= 4 is 45.7 Å². The number of carbonyl (C=O) groups excluding carboxylic acids is 1. The first kappa shape index (κ1) is 22.5. The molecule has 1 amide bonds. The van der Waals surface area contributed by atoms with E-state index < -0.39 is 0 Å². The van der Waals surface area contributed by atoms with Crippen LogP contribution in [-0.2, 0) is 12.8 Å². The summed E-state index contributed by atoms with van der Waals surface area (Å²) in [6.45, 7) is 3.69. The molecule has 0 spiro atoms. The third-order valence-corrected chi connectivity index (χ3v) is 5.77. The Balaban J connectivity index is 1.97. The van der Waals surface area contributed by atoms with Crippen LogP contribution >= 0.6 is 23.2 Å². The molecule has 1 aromatic heterocycles. The summed E-state index contributed by atoms with van der Waals surface area (Å²) in [6.07, 6.45) is 3.57. The zero-order valence-electron chi connectivity index (χ0n) is 17.1. The minimum Gasteiger partial charge on any atom is -0.395 e. The molecule has 0 bridgehead atoms. The van der Waals surface area contributed by atoms with Crippen molar-refractivity contribution in [2.75, 3.05) is 32.1 Å². The van der Waals surface area contributed by atoms with Gasteiger partial charge in [0.15, 0.2) is 0 Å². The number of para-hydroxylation sites is 1. The Hall–Kier alpha value is -2.18. The number of aliphatic hydroxyl groups excluding tert-OH is 1. The maximum Gasteiger partial charge on any atom is 0.258 e. The Kier molecular flexibility index (Phi) is 7.67.